The number of hydrogen-bond acceptors (Lipinski definition) is 1. The van der Waals surface area contributed by atoms with Crippen molar-refractivity contribution in [1.82, 2.24) is 10.3 Å². The van der Waals surface area contributed by atoms with E-state index in [1.54, 1.807) is 0 Å². The number of urea groups is 1. The van der Waals surface area contributed by atoms with E-state index in [4.69, 9.17) is 0 Å². The van der Waals surface area contributed by atoms with Crippen LogP contribution in [0.4, 0.5) is 10.5 Å². The molecule has 118 valence electrons. The van der Waals surface area contributed by atoms with E-state index in [9.17, 15) is 4.79 Å². The summed E-state index contributed by atoms with van der Waals surface area (Å²) in [6, 6.07) is 13.8. The molecule has 3 N–H and O–H groups in total. The Morgan fingerprint density at radius 1 is 1.13 bits per heavy atom. The normalized spacial score (nSPS) is 12.1. The first kappa shape index (κ1) is 15.2. The van der Waals surface area contributed by atoms with Gasteiger partial charge in [-0.2, -0.15) is 0 Å². The fraction of sp³-hybridized carbons (Fsp3) is 0.211. The predicted molar refractivity (Wildman–Crippen MR) is 94.8 cm³/mol. The molecule has 0 spiro atoms. The van der Waals surface area contributed by atoms with Gasteiger partial charge in [0.15, 0.2) is 0 Å². The van der Waals surface area contributed by atoms with Crippen molar-refractivity contribution in [3.63, 3.8) is 0 Å². The molecule has 0 aliphatic carbocycles. The summed E-state index contributed by atoms with van der Waals surface area (Å²) in [5.74, 6) is 0. The highest BCUT2D eigenvalue weighted by Gasteiger charge is 2.13. The number of fused-ring (bicyclic) bond motifs is 1. The van der Waals surface area contributed by atoms with Crippen LogP contribution in [0.3, 0.4) is 0 Å². The van der Waals surface area contributed by atoms with Crippen molar-refractivity contribution in [1.29, 1.82) is 0 Å². The van der Waals surface area contributed by atoms with Crippen molar-refractivity contribution >= 4 is 22.6 Å². The second-order valence-corrected chi connectivity index (χ2v) is 5.92. The molecule has 0 radical (unpaired) electrons. The van der Waals surface area contributed by atoms with Crippen molar-refractivity contribution in [2.45, 2.75) is 26.8 Å². The lowest BCUT2D eigenvalue weighted by atomic mass is 10.0. The van der Waals surface area contributed by atoms with Crippen LogP contribution in [0, 0.1) is 13.8 Å². The van der Waals surface area contributed by atoms with Gasteiger partial charge in [0.2, 0.25) is 0 Å². The first-order valence-electron chi connectivity index (χ1n) is 7.75. The van der Waals surface area contributed by atoms with Crippen molar-refractivity contribution in [3.8, 4) is 0 Å². The van der Waals surface area contributed by atoms with Gasteiger partial charge >= 0.3 is 6.03 Å². The van der Waals surface area contributed by atoms with Crippen LogP contribution in [0.25, 0.3) is 10.9 Å². The second kappa shape index (κ2) is 6.16. The maximum absolute atomic E-state index is 12.3. The number of rotatable bonds is 3. The number of carbonyl (C=O) groups is 1. The van der Waals surface area contributed by atoms with Crippen LogP contribution in [0.15, 0.2) is 48.7 Å². The van der Waals surface area contributed by atoms with Crippen molar-refractivity contribution in [3.05, 3.63) is 65.4 Å². The number of aromatic amines is 1. The predicted octanol–water partition coefficient (Wildman–Crippen LogP) is 4.67. The maximum Gasteiger partial charge on any atom is 0.319 e. The van der Waals surface area contributed by atoms with Crippen LogP contribution in [-0.2, 0) is 0 Å². The average molecular weight is 307 g/mol. The van der Waals surface area contributed by atoms with Gasteiger partial charge < -0.3 is 15.6 Å². The molecule has 4 heteroatoms. The fourth-order valence-corrected chi connectivity index (χ4v) is 2.85. The van der Waals surface area contributed by atoms with E-state index < -0.39 is 0 Å². The van der Waals surface area contributed by atoms with Crippen molar-refractivity contribution in [2.24, 2.45) is 0 Å². The smallest absolute Gasteiger partial charge is 0.319 e. The first-order valence-corrected chi connectivity index (χ1v) is 7.75. The Morgan fingerprint density at radius 3 is 2.78 bits per heavy atom. The van der Waals surface area contributed by atoms with Gasteiger partial charge in [-0.05, 0) is 50.1 Å². The van der Waals surface area contributed by atoms with Crippen LogP contribution >= 0.6 is 0 Å². The fourth-order valence-electron chi connectivity index (χ4n) is 2.85. The van der Waals surface area contributed by atoms with Crippen LogP contribution in [-0.4, -0.2) is 11.0 Å². The summed E-state index contributed by atoms with van der Waals surface area (Å²) < 4.78 is 0. The zero-order chi connectivity index (χ0) is 16.4. The molecular weight excluding hydrogens is 286 g/mol. The molecule has 0 fully saturated rings. The van der Waals surface area contributed by atoms with E-state index in [0.717, 1.165) is 22.2 Å². The molecule has 3 rings (SSSR count). The number of benzene rings is 2. The molecule has 0 bridgehead atoms. The summed E-state index contributed by atoms with van der Waals surface area (Å²) in [4.78, 5) is 15.5. The van der Waals surface area contributed by atoms with E-state index in [-0.39, 0.29) is 12.1 Å². The van der Waals surface area contributed by atoms with Crippen molar-refractivity contribution < 1.29 is 4.79 Å². The van der Waals surface area contributed by atoms with Crippen LogP contribution in [0.5, 0.6) is 0 Å². The third-order valence-electron chi connectivity index (χ3n) is 4.09. The summed E-state index contributed by atoms with van der Waals surface area (Å²) in [5.41, 5.74) is 5.31. The highest BCUT2D eigenvalue weighted by atomic mass is 16.2. The number of amides is 2. The molecule has 0 aliphatic rings. The first-order chi connectivity index (χ1) is 11.0. The van der Waals surface area contributed by atoms with Gasteiger partial charge in [0.05, 0.1) is 11.7 Å². The van der Waals surface area contributed by atoms with E-state index in [1.807, 2.05) is 37.4 Å². The summed E-state index contributed by atoms with van der Waals surface area (Å²) in [5, 5.41) is 6.95. The SMILES string of the molecule is Cc1ccc(C)c(C(C)NC(=O)Nc2cccc3[nH]ccc23)c1. The molecule has 1 aromatic heterocycles. The standard InChI is InChI=1S/C19H21N3O/c1-12-7-8-13(2)16(11-12)14(3)21-19(23)22-18-6-4-5-17-15(18)9-10-20-17/h4-11,14,20H,1-3H3,(H2,21,22,23). The number of hydrogen-bond donors (Lipinski definition) is 3. The molecule has 4 nitrogen and oxygen atoms in total. The van der Waals surface area contributed by atoms with Crippen LogP contribution in [0.2, 0.25) is 0 Å². The van der Waals surface area contributed by atoms with E-state index >= 15 is 0 Å². The highest BCUT2D eigenvalue weighted by Crippen LogP contribution is 2.23. The maximum atomic E-state index is 12.3. The Kier molecular flexibility index (Phi) is 4.06. The number of nitrogens with one attached hydrogen (secondary N) is 3. The number of aromatic nitrogens is 1. The number of aryl methyl sites for hydroxylation is 2. The number of carbonyl (C=O) groups excluding carboxylic acids is 1. The molecule has 1 atom stereocenters. The molecular formula is C19H21N3O. The Labute approximate surface area is 135 Å². The number of anilines is 1. The topological polar surface area (TPSA) is 56.9 Å². The van der Waals surface area contributed by atoms with Gasteiger partial charge in [-0.3, -0.25) is 0 Å². The zero-order valence-electron chi connectivity index (χ0n) is 13.6. The summed E-state index contributed by atoms with van der Waals surface area (Å²) in [6.45, 7) is 6.12. The van der Waals surface area contributed by atoms with E-state index in [2.05, 4.69) is 47.7 Å². The van der Waals surface area contributed by atoms with Crippen LogP contribution < -0.4 is 10.6 Å². The summed E-state index contributed by atoms with van der Waals surface area (Å²) in [7, 11) is 0. The minimum absolute atomic E-state index is 0.0553. The Morgan fingerprint density at radius 2 is 1.96 bits per heavy atom. The molecule has 23 heavy (non-hydrogen) atoms. The van der Waals surface area contributed by atoms with Gasteiger partial charge in [-0.1, -0.05) is 29.8 Å². The lowest BCUT2D eigenvalue weighted by Crippen LogP contribution is -2.31. The van der Waals surface area contributed by atoms with Gasteiger partial charge in [0.25, 0.3) is 0 Å². The van der Waals surface area contributed by atoms with Gasteiger partial charge in [-0.15, -0.1) is 0 Å². The Hall–Kier alpha value is -2.75. The Balaban J connectivity index is 1.74. The quantitative estimate of drug-likeness (QED) is 0.647. The lowest BCUT2D eigenvalue weighted by Gasteiger charge is -2.18. The highest BCUT2D eigenvalue weighted by molar-refractivity contribution is 6.00. The molecule has 2 amide bonds. The minimum atomic E-state index is -0.202. The summed E-state index contributed by atoms with van der Waals surface area (Å²) in [6.07, 6.45) is 1.87. The Bertz CT molecular complexity index is 851. The average Bonchev–Trinajstić information content (AvgIpc) is 2.99. The lowest BCUT2D eigenvalue weighted by molar-refractivity contribution is 0.249. The number of H-pyrrole nitrogens is 1. The summed E-state index contributed by atoms with van der Waals surface area (Å²) >= 11 is 0. The zero-order valence-corrected chi connectivity index (χ0v) is 13.6. The third-order valence-corrected chi connectivity index (χ3v) is 4.09. The molecule has 3 aromatic rings. The van der Waals surface area contributed by atoms with Gasteiger partial charge in [0, 0.05) is 17.1 Å². The molecule has 0 saturated carbocycles. The monoisotopic (exact) mass is 307 g/mol. The van der Waals surface area contributed by atoms with E-state index in [1.165, 1.54) is 11.1 Å². The molecule has 0 saturated heterocycles. The third kappa shape index (κ3) is 3.21. The van der Waals surface area contributed by atoms with E-state index in [0.29, 0.717) is 0 Å². The molecule has 1 heterocycles. The van der Waals surface area contributed by atoms with Gasteiger partial charge in [-0.25, -0.2) is 4.79 Å². The van der Waals surface area contributed by atoms with Crippen LogP contribution in [0.1, 0.15) is 29.7 Å². The largest absolute Gasteiger partial charge is 0.361 e. The molecule has 0 aliphatic heterocycles. The molecule has 2 aromatic carbocycles. The van der Waals surface area contributed by atoms with Gasteiger partial charge in [0.1, 0.15) is 0 Å². The second-order valence-electron chi connectivity index (χ2n) is 5.92. The minimum Gasteiger partial charge on any atom is -0.361 e. The molecule has 1 unspecified atom stereocenters. The van der Waals surface area contributed by atoms with Crippen molar-refractivity contribution in [2.75, 3.05) is 5.32 Å².